The highest BCUT2D eigenvalue weighted by atomic mass is 16.5. The normalized spacial score (nSPS) is 15.8. The van der Waals surface area contributed by atoms with E-state index < -0.39 is 6.09 Å². The van der Waals surface area contributed by atoms with E-state index in [9.17, 15) is 10.1 Å². The minimum Gasteiger partial charge on any atom is -0.494 e. The predicted molar refractivity (Wildman–Crippen MR) is 124 cm³/mol. The van der Waals surface area contributed by atoms with E-state index in [2.05, 4.69) is 16.0 Å². The molecule has 2 aliphatic carbocycles. The molecule has 0 spiro atoms. The molecular weight excluding hydrogens is 402 g/mol. The zero-order valence-electron chi connectivity index (χ0n) is 18.3. The van der Waals surface area contributed by atoms with E-state index in [4.69, 9.17) is 9.47 Å². The fourth-order valence-corrected chi connectivity index (χ4v) is 4.31. The van der Waals surface area contributed by atoms with E-state index in [0.29, 0.717) is 36.4 Å². The Bertz CT molecular complexity index is 1180. The number of nitriles is 1. The lowest BCUT2D eigenvalue weighted by atomic mass is 9.92. The van der Waals surface area contributed by atoms with Gasteiger partial charge in [0, 0.05) is 23.2 Å². The number of amides is 1. The van der Waals surface area contributed by atoms with E-state index >= 15 is 0 Å². The summed E-state index contributed by atoms with van der Waals surface area (Å²) in [5.41, 5.74) is 4.29. The summed E-state index contributed by atoms with van der Waals surface area (Å²) in [6, 6.07) is 16.4. The van der Waals surface area contributed by atoms with Gasteiger partial charge in [-0.3, -0.25) is 5.32 Å². The Morgan fingerprint density at radius 3 is 2.56 bits per heavy atom. The van der Waals surface area contributed by atoms with Gasteiger partial charge in [-0.2, -0.15) is 5.26 Å². The second-order valence-corrected chi connectivity index (χ2v) is 8.65. The molecule has 2 saturated carbocycles. The quantitative estimate of drug-likeness (QED) is 0.481. The second kappa shape index (κ2) is 8.58. The molecular formula is C26H27N3O3. The summed E-state index contributed by atoms with van der Waals surface area (Å²) in [5.74, 6) is 1.35. The van der Waals surface area contributed by atoms with Crippen LogP contribution < -0.4 is 10.1 Å². The molecule has 1 aromatic heterocycles. The van der Waals surface area contributed by atoms with Crippen LogP contribution in [0.15, 0.2) is 42.5 Å². The Hall–Kier alpha value is -3.46. The lowest BCUT2D eigenvalue weighted by Crippen LogP contribution is -2.18. The van der Waals surface area contributed by atoms with Crippen molar-refractivity contribution in [3.8, 4) is 23.1 Å². The van der Waals surface area contributed by atoms with Crippen LogP contribution in [0.2, 0.25) is 0 Å². The van der Waals surface area contributed by atoms with Crippen molar-refractivity contribution in [1.82, 2.24) is 4.57 Å². The van der Waals surface area contributed by atoms with Crippen molar-refractivity contribution in [2.45, 2.75) is 45.1 Å². The molecule has 0 aliphatic heterocycles. The number of aromatic nitrogens is 1. The van der Waals surface area contributed by atoms with E-state index in [-0.39, 0.29) is 0 Å². The van der Waals surface area contributed by atoms with E-state index in [0.717, 1.165) is 53.6 Å². The lowest BCUT2D eigenvalue weighted by Gasteiger charge is -2.30. The highest BCUT2D eigenvalue weighted by molar-refractivity contribution is 5.96. The molecule has 32 heavy (non-hydrogen) atoms. The number of nitrogens with zero attached hydrogens (tertiary/aromatic N) is 2. The number of hydrogen-bond acceptors (Lipinski definition) is 4. The van der Waals surface area contributed by atoms with Gasteiger partial charge in [0.1, 0.15) is 11.8 Å². The van der Waals surface area contributed by atoms with Crippen LogP contribution in [0.25, 0.3) is 22.2 Å². The molecule has 0 saturated heterocycles. The van der Waals surface area contributed by atoms with E-state index in [1.165, 1.54) is 6.42 Å². The van der Waals surface area contributed by atoms with Crippen LogP contribution in [0, 0.1) is 17.2 Å². The second-order valence-electron chi connectivity index (χ2n) is 8.65. The number of fused-ring (bicyclic) bond motifs is 1. The van der Waals surface area contributed by atoms with Gasteiger partial charge in [0.15, 0.2) is 0 Å². The fourth-order valence-electron chi connectivity index (χ4n) is 4.31. The topological polar surface area (TPSA) is 76.3 Å². The van der Waals surface area contributed by atoms with Crippen molar-refractivity contribution in [2.24, 2.45) is 5.92 Å². The number of hydrogen-bond donors (Lipinski definition) is 1. The van der Waals surface area contributed by atoms with Gasteiger partial charge in [-0.25, -0.2) is 4.79 Å². The number of ether oxygens (including phenoxy) is 2. The molecule has 1 amide bonds. The number of nitrogens with one attached hydrogen (secondary N) is 1. The first kappa shape index (κ1) is 20.4. The molecule has 6 heteroatoms. The molecule has 0 radical (unpaired) electrons. The third kappa shape index (κ3) is 3.91. The van der Waals surface area contributed by atoms with E-state index in [1.54, 1.807) is 0 Å². The van der Waals surface area contributed by atoms with E-state index in [1.807, 2.05) is 49.4 Å². The van der Waals surface area contributed by atoms with Crippen molar-refractivity contribution >= 4 is 22.7 Å². The number of carbonyl (C=O) groups is 1. The van der Waals surface area contributed by atoms with Gasteiger partial charge in [0.05, 0.1) is 30.0 Å². The van der Waals surface area contributed by atoms with Gasteiger partial charge in [-0.15, -0.1) is 0 Å². The average molecular weight is 430 g/mol. The average Bonchev–Trinajstić information content (AvgIpc) is 3.54. The van der Waals surface area contributed by atoms with Gasteiger partial charge in [-0.05, 0) is 74.8 Å². The fraction of sp³-hybridized carbons (Fsp3) is 0.385. The molecule has 2 aromatic carbocycles. The van der Waals surface area contributed by atoms with Crippen molar-refractivity contribution in [3.63, 3.8) is 0 Å². The highest BCUT2D eigenvalue weighted by Crippen LogP contribution is 2.43. The molecule has 0 atom stereocenters. The minimum absolute atomic E-state index is 0.377. The Morgan fingerprint density at radius 2 is 1.94 bits per heavy atom. The summed E-state index contributed by atoms with van der Waals surface area (Å²) in [7, 11) is 0. The summed E-state index contributed by atoms with van der Waals surface area (Å²) >= 11 is 0. The monoisotopic (exact) mass is 429 g/mol. The standard InChI is InChI=1S/C26H27N3O3/c1-2-31-21-12-13-22-23(15-27)25(29(24(22)14-21)20-4-3-5-20)18-8-10-19(11-9-18)28-26(30)32-16-17-6-7-17/h8-14,17,20H,2-7,16H2,1H3,(H,28,30). The third-order valence-corrected chi connectivity index (χ3v) is 6.39. The first-order chi connectivity index (χ1) is 15.7. The molecule has 1 heterocycles. The smallest absolute Gasteiger partial charge is 0.411 e. The van der Waals surface area contributed by atoms with Crippen molar-refractivity contribution < 1.29 is 14.3 Å². The first-order valence-electron chi connectivity index (χ1n) is 11.4. The summed E-state index contributed by atoms with van der Waals surface area (Å²) in [5, 5.41) is 13.8. The van der Waals surface area contributed by atoms with Crippen LogP contribution in [0.5, 0.6) is 5.75 Å². The largest absolute Gasteiger partial charge is 0.494 e. The molecule has 1 N–H and O–H groups in total. The van der Waals surface area contributed by atoms with Crippen LogP contribution in [-0.2, 0) is 4.74 Å². The Morgan fingerprint density at radius 1 is 1.16 bits per heavy atom. The van der Waals surface area contributed by atoms with Crippen LogP contribution >= 0.6 is 0 Å². The number of benzene rings is 2. The zero-order chi connectivity index (χ0) is 22.1. The number of rotatable bonds is 7. The Labute approximate surface area is 187 Å². The van der Waals surface area contributed by atoms with Crippen LogP contribution in [0.4, 0.5) is 10.5 Å². The van der Waals surface area contributed by atoms with Crippen LogP contribution in [-0.4, -0.2) is 23.9 Å². The molecule has 2 aliphatic rings. The summed E-state index contributed by atoms with van der Waals surface area (Å²) in [6.45, 7) is 3.06. The molecule has 2 fully saturated rings. The van der Waals surface area contributed by atoms with Gasteiger partial charge in [-0.1, -0.05) is 12.1 Å². The highest BCUT2D eigenvalue weighted by Gasteiger charge is 2.28. The van der Waals surface area contributed by atoms with Gasteiger partial charge >= 0.3 is 6.09 Å². The molecule has 5 rings (SSSR count). The van der Waals surface area contributed by atoms with Crippen LogP contribution in [0.3, 0.4) is 0 Å². The molecule has 3 aromatic rings. The maximum atomic E-state index is 12.0. The number of carbonyl (C=O) groups excluding carboxylic acids is 1. The molecule has 164 valence electrons. The Kier molecular flexibility index (Phi) is 5.48. The summed E-state index contributed by atoms with van der Waals surface area (Å²) < 4.78 is 13.3. The van der Waals surface area contributed by atoms with Crippen molar-refractivity contribution in [3.05, 3.63) is 48.0 Å². The van der Waals surface area contributed by atoms with Crippen molar-refractivity contribution in [2.75, 3.05) is 18.5 Å². The maximum absolute atomic E-state index is 12.0. The zero-order valence-corrected chi connectivity index (χ0v) is 18.3. The Balaban J connectivity index is 1.49. The van der Waals surface area contributed by atoms with Gasteiger partial charge < -0.3 is 14.0 Å². The number of anilines is 1. The predicted octanol–water partition coefficient (Wildman–Crippen LogP) is 6.26. The SMILES string of the molecule is CCOc1ccc2c(C#N)c(-c3ccc(NC(=O)OCC4CC4)cc3)n(C3CCC3)c2c1. The molecule has 0 bridgehead atoms. The third-order valence-electron chi connectivity index (χ3n) is 6.39. The molecule has 6 nitrogen and oxygen atoms in total. The first-order valence-corrected chi connectivity index (χ1v) is 11.4. The maximum Gasteiger partial charge on any atom is 0.411 e. The summed E-state index contributed by atoms with van der Waals surface area (Å²) in [4.78, 5) is 12.0. The minimum atomic E-state index is -0.422. The van der Waals surface area contributed by atoms with Crippen LogP contribution in [0.1, 0.15) is 50.6 Å². The molecule has 0 unspecified atom stereocenters. The van der Waals surface area contributed by atoms with Crippen molar-refractivity contribution in [1.29, 1.82) is 5.26 Å². The van der Waals surface area contributed by atoms with Gasteiger partial charge in [0.25, 0.3) is 0 Å². The van der Waals surface area contributed by atoms with Gasteiger partial charge in [0.2, 0.25) is 0 Å². The summed E-state index contributed by atoms with van der Waals surface area (Å²) in [6.07, 6.45) is 5.27. The lowest BCUT2D eigenvalue weighted by molar-refractivity contribution is 0.156.